The number of nitrogens with zero attached hydrogens (tertiary/aromatic N) is 5. The minimum Gasteiger partial charge on any atom is -0.397 e. The van der Waals surface area contributed by atoms with Crippen molar-refractivity contribution < 1.29 is 0 Å². The molecule has 0 bridgehead atoms. The number of nitriles is 2. The summed E-state index contributed by atoms with van der Waals surface area (Å²) >= 11 is 0. The molecule has 0 aliphatic carbocycles. The van der Waals surface area contributed by atoms with Gasteiger partial charge in [-0.1, -0.05) is 18.2 Å². The number of aromatic nitrogens is 3. The van der Waals surface area contributed by atoms with E-state index < -0.39 is 6.04 Å². The highest BCUT2D eigenvalue weighted by Gasteiger charge is 2.29. The first-order valence-electron chi connectivity index (χ1n) is 8.20. The highest BCUT2D eigenvalue weighted by molar-refractivity contribution is 5.98. The Bertz CT molecular complexity index is 1160. The predicted molar refractivity (Wildman–Crippen MR) is 103 cm³/mol. The first-order valence-corrected chi connectivity index (χ1v) is 8.20. The summed E-state index contributed by atoms with van der Waals surface area (Å²) in [5.74, 6) is 0.570. The van der Waals surface area contributed by atoms with Crippen molar-refractivity contribution in [3.8, 4) is 23.4 Å². The second-order valence-electron chi connectivity index (χ2n) is 6.01. The Morgan fingerprint density at radius 1 is 1.18 bits per heavy atom. The van der Waals surface area contributed by atoms with E-state index in [1.54, 1.807) is 12.4 Å². The lowest BCUT2D eigenvalue weighted by molar-refractivity contribution is 0.847. The number of anilines is 3. The fraction of sp³-hybridized carbons (Fsp3) is 0.0556. The highest BCUT2D eigenvalue weighted by atomic mass is 15.2. The maximum atomic E-state index is 9.39. The number of aromatic amines is 1. The van der Waals surface area contributed by atoms with Crippen molar-refractivity contribution in [1.29, 1.82) is 10.5 Å². The number of nitrogen functional groups attached to an aromatic ring is 2. The molecule has 0 saturated carbocycles. The van der Waals surface area contributed by atoms with Gasteiger partial charge in [-0.25, -0.2) is 9.98 Å². The summed E-state index contributed by atoms with van der Waals surface area (Å²) in [6.07, 6.45) is 5.33. The van der Waals surface area contributed by atoms with Gasteiger partial charge >= 0.3 is 0 Å². The van der Waals surface area contributed by atoms with Gasteiger partial charge < -0.3 is 16.8 Å². The number of aliphatic imine (C=N–C) groups is 1. The van der Waals surface area contributed by atoms with Crippen LogP contribution in [0.15, 0.2) is 41.7 Å². The fourth-order valence-electron chi connectivity index (χ4n) is 3.12. The van der Waals surface area contributed by atoms with E-state index >= 15 is 0 Å². The van der Waals surface area contributed by atoms with E-state index in [1.165, 1.54) is 0 Å². The first-order chi connectivity index (χ1) is 13.6. The number of hydrogen-bond donors (Lipinski definition) is 5. The zero-order chi connectivity index (χ0) is 19.7. The van der Waals surface area contributed by atoms with Crippen LogP contribution in [0.1, 0.15) is 22.7 Å². The molecule has 4 rings (SSSR count). The van der Waals surface area contributed by atoms with Crippen LogP contribution in [0.25, 0.3) is 11.1 Å². The molecule has 1 aromatic carbocycles. The third-order valence-electron chi connectivity index (χ3n) is 4.39. The number of guanidine groups is 1. The zero-order valence-electron chi connectivity index (χ0n) is 14.4. The van der Waals surface area contributed by atoms with Crippen LogP contribution in [-0.2, 0) is 0 Å². The van der Waals surface area contributed by atoms with Crippen LogP contribution in [-0.4, -0.2) is 21.1 Å². The number of H-pyrrole nitrogens is 1. The van der Waals surface area contributed by atoms with Crippen molar-refractivity contribution in [3.63, 3.8) is 0 Å². The molecule has 0 fully saturated rings. The van der Waals surface area contributed by atoms with Gasteiger partial charge in [-0.3, -0.25) is 10.4 Å². The average Bonchev–Trinajstić information content (AvgIpc) is 3.23. The lowest BCUT2D eigenvalue weighted by Gasteiger charge is -2.26. The van der Waals surface area contributed by atoms with Crippen LogP contribution in [0, 0.1) is 22.8 Å². The molecule has 136 valence electrons. The Labute approximate surface area is 159 Å². The third kappa shape index (κ3) is 2.71. The number of hydrogen-bond acceptors (Lipinski definition) is 9. The number of rotatable bonds is 2. The van der Waals surface area contributed by atoms with Crippen molar-refractivity contribution in [3.05, 3.63) is 53.3 Å². The minimum atomic E-state index is -0.584. The number of nitrogens with one attached hydrogen (secondary N) is 3. The largest absolute Gasteiger partial charge is 0.397 e. The van der Waals surface area contributed by atoms with Gasteiger partial charge in [-0.15, -0.1) is 0 Å². The molecule has 2 aromatic heterocycles. The molecule has 7 N–H and O–H groups in total. The van der Waals surface area contributed by atoms with E-state index in [1.807, 2.05) is 36.5 Å². The maximum Gasteiger partial charge on any atom is 0.211 e. The molecule has 1 atom stereocenters. The topological polar surface area (TPSA) is 178 Å². The molecule has 1 aliphatic heterocycles. The Morgan fingerprint density at radius 3 is 2.75 bits per heavy atom. The molecule has 10 heteroatoms. The van der Waals surface area contributed by atoms with Crippen molar-refractivity contribution in [2.24, 2.45) is 4.99 Å². The highest BCUT2D eigenvalue weighted by Crippen LogP contribution is 2.41. The van der Waals surface area contributed by atoms with Crippen LogP contribution in [0.5, 0.6) is 0 Å². The van der Waals surface area contributed by atoms with Gasteiger partial charge in [0, 0.05) is 17.3 Å². The Morgan fingerprint density at radius 2 is 2.04 bits per heavy atom. The van der Waals surface area contributed by atoms with E-state index in [0.29, 0.717) is 11.4 Å². The lowest BCUT2D eigenvalue weighted by Crippen LogP contribution is -2.32. The van der Waals surface area contributed by atoms with Crippen LogP contribution in [0.2, 0.25) is 0 Å². The molecule has 3 heterocycles. The van der Waals surface area contributed by atoms with Crippen molar-refractivity contribution in [2.45, 2.75) is 6.04 Å². The molecule has 0 saturated heterocycles. The molecule has 10 nitrogen and oxygen atoms in total. The van der Waals surface area contributed by atoms with E-state index in [4.69, 9.17) is 16.7 Å². The van der Waals surface area contributed by atoms with Gasteiger partial charge in [-0.05, 0) is 17.2 Å². The summed E-state index contributed by atoms with van der Waals surface area (Å²) in [5, 5.41) is 30.5. The Kier molecular flexibility index (Phi) is 3.99. The second-order valence-corrected chi connectivity index (χ2v) is 6.01. The minimum absolute atomic E-state index is 0.00959. The number of nitrogens with two attached hydrogens (primary N) is 2. The molecule has 1 unspecified atom stereocenters. The molecular weight excluding hydrogens is 356 g/mol. The Balaban J connectivity index is 1.91. The quantitative estimate of drug-likeness (QED) is 0.332. The van der Waals surface area contributed by atoms with Crippen molar-refractivity contribution >= 4 is 23.3 Å². The van der Waals surface area contributed by atoms with Crippen LogP contribution < -0.4 is 22.1 Å². The van der Waals surface area contributed by atoms with Gasteiger partial charge in [0.2, 0.25) is 5.96 Å². The molecule has 0 spiro atoms. The SMILES string of the molecule is N#CNC1=NC(c2cccc(-c3cn[nH]c3)c2)c2c(nc(N)c(C#N)c2N)N1. The molecule has 28 heavy (non-hydrogen) atoms. The predicted octanol–water partition coefficient (Wildman–Crippen LogP) is 1.45. The van der Waals surface area contributed by atoms with Crippen LogP contribution in [0.3, 0.4) is 0 Å². The summed E-state index contributed by atoms with van der Waals surface area (Å²) in [5.41, 5.74) is 15.6. The van der Waals surface area contributed by atoms with Crippen LogP contribution in [0.4, 0.5) is 17.3 Å². The summed E-state index contributed by atoms with van der Waals surface area (Å²) in [4.78, 5) is 8.79. The van der Waals surface area contributed by atoms with Gasteiger partial charge in [-0.2, -0.15) is 15.6 Å². The Hall–Kier alpha value is -4.57. The smallest absolute Gasteiger partial charge is 0.211 e. The van der Waals surface area contributed by atoms with Gasteiger partial charge in [0.1, 0.15) is 29.3 Å². The van der Waals surface area contributed by atoms with Crippen molar-refractivity contribution in [2.75, 3.05) is 16.8 Å². The molecule has 0 radical (unpaired) electrons. The fourth-order valence-corrected chi connectivity index (χ4v) is 3.12. The average molecular weight is 370 g/mol. The van der Waals surface area contributed by atoms with E-state index in [2.05, 4.69) is 30.8 Å². The van der Waals surface area contributed by atoms with Gasteiger partial charge in [0.15, 0.2) is 6.19 Å². The van der Waals surface area contributed by atoms with E-state index in [0.717, 1.165) is 16.7 Å². The van der Waals surface area contributed by atoms with Crippen LogP contribution >= 0.6 is 0 Å². The maximum absolute atomic E-state index is 9.39. The number of fused-ring (bicyclic) bond motifs is 1. The zero-order valence-corrected chi connectivity index (χ0v) is 14.4. The second kappa shape index (κ2) is 6.63. The van der Waals surface area contributed by atoms with E-state index in [9.17, 15) is 5.26 Å². The van der Waals surface area contributed by atoms with E-state index in [-0.39, 0.29) is 23.0 Å². The number of benzene rings is 1. The first kappa shape index (κ1) is 16.9. The molecule has 0 amide bonds. The molecule has 3 aromatic rings. The molecular formula is C18H14N10. The summed E-state index contributed by atoms with van der Waals surface area (Å²) in [6.45, 7) is 0. The lowest BCUT2D eigenvalue weighted by atomic mass is 9.93. The monoisotopic (exact) mass is 370 g/mol. The normalized spacial score (nSPS) is 14.8. The summed E-state index contributed by atoms with van der Waals surface area (Å²) < 4.78 is 0. The van der Waals surface area contributed by atoms with Crippen molar-refractivity contribution in [1.82, 2.24) is 20.5 Å². The van der Waals surface area contributed by atoms with Gasteiger partial charge in [0.05, 0.1) is 11.9 Å². The summed E-state index contributed by atoms with van der Waals surface area (Å²) in [6, 6.07) is 9.07. The number of pyridine rings is 1. The summed E-state index contributed by atoms with van der Waals surface area (Å²) in [7, 11) is 0. The standard InChI is InChI=1S/C18H14N10/c19-5-12-14(21)13-15(26-18(23-8-20)28-17(13)27-16(12)22)10-3-1-2-9(4-10)11-6-24-25-7-11/h1-4,6-7,15H,(H,24,25)(H6,21,22,23,26,27,28). The third-order valence-corrected chi connectivity index (χ3v) is 4.39. The van der Waals surface area contributed by atoms with Gasteiger partial charge in [0.25, 0.3) is 0 Å². The molecule has 1 aliphatic rings.